The van der Waals surface area contributed by atoms with Crippen LogP contribution in [0.4, 0.5) is 32.3 Å². The summed E-state index contributed by atoms with van der Waals surface area (Å²) < 4.78 is 37.8. The van der Waals surface area contributed by atoms with Crippen LogP contribution in [-0.4, -0.2) is 37.5 Å². The highest BCUT2D eigenvalue weighted by Crippen LogP contribution is 2.23. The summed E-state index contributed by atoms with van der Waals surface area (Å²) in [5, 5.41) is 16.4. The smallest absolute Gasteiger partial charge is 0.314 e. The summed E-state index contributed by atoms with van der Waals surface area (Å²) in [6.45, 7) is 4.52. The molecule has 0 aliphatic carbocycles. The number of hydrogen-bond acceptors (Lipinski definition) is 7. The van der Waals surface area contributed by atoms with Gasteiger partial charge in [0.15, 0.2) is 11.6 Å². The molecule has 180 valence electrons. The Morgan fingerprint density at radius 2 is 1.76 bits per heavy atom. The van der Waals surface area contributed by atoms with Crippen molar-refractivity contribution in [2.24, 2.45) is 5.14 Å². The predicted molar refractivity (Wildman–Crippen MR) is 128 cm³/mol. The Hall–Kier alpha value is -3.77. The molecule has 1 aromatic heterocycles. The lowest BCUT2D eigenvalue weighted by atomic mass is 10.1. The van der Waals surface area contributed by atoms with E-state index in [1.165, 1.54) is 6.07 Å². The lowest BCUT2D eigenvalue weighted by Crippen LogP contribution is -2.36. The highest BCUT2D eigenvalue weighted by molar-refractivity contribution is 7.89. The fraction of sp³-hybridized carbons (Fsp3) is 0.227. The first-order valence-corrected chi connectivity index (χ1v) is 12.0. The minimum Gasteiger partial charge on any atom is -0.338 e. The molecule has 0 atom stereocenters. The van der Waals surface area contributed by atoms with Crippen molar-refractivity contribution >= 4 is 39.2 Å². The Morgan fingerprint density at radius 3 is 2.44 bits per heavy atom. The number of nitrogens with two attached hydrogens (primary N) is 1. The van der Waals surface area contributed by atoms with Crippen LogP contribution in [0.1, 0.15) is 18.1 Å². The third-order valence-corrected chi connectivity index (χ3v) is 5.80. The van der Waals surface area contributed by atoms with Crippen molar-refractivity contribution in [2.75, 3.05) is 23.7 Å². The normalized spacial score (nSPS) is 11.1. The minimum atomic E-state index is -3.90. The van der Waals surface area contributed by atoms with Gasteiger partial charge in [-0.05, 0) is 55.7 Å². The number of anilines is 4. The quantitative estimate of drug-likeness (QED) is 0.311. The molecule has 0 aliphatic rings. The maximum absolute atomic E-state index is 14.3. The Kier molecular flexibility index (Phi) is 7.97. The van der Waals surface area contributed by atoms with Crippen LogP contribution in [0, 0.1) is 12.7 Å². The number of nitrogens with one attached hydrogen (secondary N) is 4. The zero-order valence-corrected chi connectivity index (χ0v) is 19.5. The third-order valence-electron chi connectivity index (χ3n) is 4.75. The monoisotopic (exact) mass is 487 g/mol. The van der Waals surface area contributed by atoms with Gasteiger partial charge in [0.25, 0.3) is 0 Å². The van der Waals surface area contributed by atoms with Crippen LogP contribution in [0.25, 0.3) is 0 Å². The van der Waals surface area contributed by atoms with Gasteiger partial charge in [0.05, 0.1) is 11.1 Å². The van der Waals surface area contributed by atoms with Crippen molar-refractivity contribution in [3.8, 4) is 0 Å². The number of aromatic nitrogens is 2. The first kappa shape index (κ1) is 24.9. The van der Waals surface area contributed by atoms with Crippen LogP contribution in [-0.2, 0) is 16.4 Å². The van der Waals surface area contributed by atoms with Gasteiger partial charge >= 0.3 is 6.03 Å². The average molecular weight is 488 g/mol. The highest BCUT2D eigenvalue weighted by atomic mass is 32.2. The molecule has 0 unspecified atom stereocenters. The van der Waals surface area contributed by atoms with Crippen LogP contribution < -0.4 is 26.4 Å². The maximum Gasteiger partial charge on any atom is 0.314 e. The largest absolute Gasteiger partial charge is 0.338 e. The first-order valence-electron chi connectivity index (χ1n) is 10.5. The van der Waals surface area contributed by atoms with E-state index in [-0.39, 0.29) is 22.7 Å². The number of halogens is 1. The molecule has 2 aromatic carbocycles. The second-order valence-electron chi connectivity index (χ2n) is 7.40. The molecule has 0 saturated heterocycles. The SMILES string of the molecule is CCNC(=O)NCCc1ccc(Nc2nc(Nc3ccc(C)c(S(N)(=O)=O)c3)ncc2F)cc1. The fourth-order valence-corrected chi connectivity index (χ4v) is 3.87. The summed E-state index contributed by atoms with van der Waals surface area (Å²) in [6.07, 6.45) is 1.65. The number of hydrogen-bond donors (Lipinski definition) is 5. The summed E-state index contributed by atoms with van der Waals surface area (Å²) >= 11 is 0. The van der Waals surface area contributed by atoms with Crippen LogP contribution in [0.5, 0.6) is 0 Å². The Labute approximate surface area is 197 Å². The Bertz CT molecular complexity index is 1270. The van der Waals surface area contributed by atoms with Gasteiger partial charge in [0.2, 0.25) is 16.0 Å². The number of primary sulfonamides is 1. The van der Waals surface area contributed by atoms with E-state index in [9.17, 15) is 17.6 Å². The van der Waals surface area contributed by atoms with Crippen LogP contribution in [0.2, 0.25) is 0 Å². The molecular weight excluding hydrogens is 461 g/mol. The van der Waals surface area contributed by atoms with Crippen molar-refractivity contribution in [1.29, 1.82) is 0 Å². The van der Waals surface area contributed by atoms with Gasteiger partial charge in [-0.15, -0.1) is 0 Å². The van der Waals surface area contributed by atoms with Crippen molar-refractivity contribution in [2.45, 2.75) is 25.2 Å². The van der Waals surface area contributed by atoms with Crippen LogP contribution in [0.3, 0.4) is 0 Å². The molecule has 1 heterocycles. The summed E-state index contributed by atoms with van der Waals surface area (Å²) in [5.74, 6) is -0.641. The number of benzene rings is 2. The highest BCUT2D eigenvalue weighted by Gasteiger charge is 2.13. The number of urea groups is 1. The van der Waals surface area contributed by atoms with E-state index in [0.717, 1.165) is 11.8 Å². The molecule has 2 amide bonds. The number of amides is 2. The lowest BCUT2D eigenvalue weighted by molar-refractivity contribution is 0.241. The predicted octanol–water partition coefficient (Wildman–Crippen LogP) is 2.92. The summed E-state index contributed by atoms with van der Waals surface area (Å²) in [4.78, 5) is 19.4. The Morgan fingerprint density at radius 1 is 1.06 bits per heavy atom. The zero-order valence-electron chi connectivity index (χ0n) is 18.7. The molecule has 34 heavy (non-hydrogen) atoms. The second kappa shape index (κ2) is 10.9. The van der Waals surface area contributed by atoms with Crippen molar-refractivity contribution in [3.63, 3.8) is 0 Å². The van der Waals surface area contributed by atoms with Gasteiger partial charge in [-0.1, -0.05) is 18.2 Å². The number of sulfonamides is 1. The standard InChI is InChI=1S/C22H26FN7O3S/c1-3-25-22(31)26-11-10-15-5-8-16(9-6-15)28-20-18(23)13-27-21(30-20)29-17-7-4-14(2)19(12-17)34(24,32)33/h4-9,12-13H,3,10-11H2,1-2H3,(H2,24,32,33)(H2,25,26,31)(H2,27,28,29,30). The topological polar surface area (TPSA) is 151 Å². The van der Waals surface area contributed by atoms with E-state index in [1.54, 1.807) is 31.2 Å². The number of aryl methyl sites for hydroxylation is 1. The van der Waals surface area contributed by atoms with E-state index in [0.29, 0.717) is 36.4 Å². The summed E-state index contributed by atoms with van der Waals surface area (Å²) in [7, 11) is -3.90. The fourth-order valence-electron chi connectivity index (χ4n) is 3.06. The third kappa shape index (κ3) is 6.86. The van der Waals surface area contributed by atoms with Crippen LogP contribution >= 0.6 is 0 Å². The lowest BCUT2D eigenvalue weighted by Gasteiger charge is -2.11. The molecule has 0 spiro atoms. The van der Waals surface area contributed by atoms with E-state index in [2.05, 4.69) is 31.2 Å². The summed E-state index contributed by atoms with van der Waals surface area (Å²) in [6, 6.07) is 11.7. The molecule has 6 N–H and O–H groups in total. The van der Waals surface area contributed by atoms with Gasteiger partial charge in [0.1, 0.15) is 0 Å². The summed E-state index contributed by atoms with van der Waals surface area (Å²) in [5.41, 5.74) is 2.49. The average Bonchev–Trinajstić information content (AvgIpc) is 2.78. The van der Waals surface area contributed by atoms with E-state index in [1.807, 2.05) is 19.1 Å². The van der Waals surface area contributed by atoms with E-state index < -0.39 is 15.8 Å². The Balaban J connectivity index is 1.67. The van der Waals surface area contributed by atoms with E-state index in [4.69, 9.17) is 5.14 Å². The number of carbonyl (C=O) groups excluding carboxylic acids is 1. The molecule has 0 radical (unpaired) electrons. The van der Waals surface area contributed by atoms with Crippen molar-refractivity contribution < 1.29 is 17.6 Å². The molecule has 0 aliphatic heterocycles. The second-order valence-corrected chi connectivity index (χ2v) is 8.93. The number of rotatable bonds is 9. The van der Waals surface area contributed by atoms with Crippen molar-refractivity contribution in [1.82, 2.24) is 20.6 Å². The molecule has 0 fully saturated rings. The van der Waals surface area contributed by atoms with Crippen LogP contribution in [0.15, 0.2) is 53.6 Å². The molecule has 0 saturated carbocycles. The van der Waals surface area contributed by atoms with Gasteiger partial charge in [-0.3, -0.25) is 0 Å². The van der Waals surface area contributed by atoms with E-state index >= 15 is 0 Å². The van der Waals surface area contributed by atoms with Gasteiger partial charge < -0.3 is 21.3 Å². The van der Waals surface area contributed by atoms with Gasteiger partial charge in [-0.25, -0.2) is 27.7 Å². The number of nitrogens with zero attached hydrogens (tertiary/aromatic N) is 2. The molecule has 10 nitrogen and oxygen atoms in total. The molecule has 3 aromatic rings. The van der Waals surface area contributed by atoms with Gasteiger partial charge in [0, 0.05) is 24.5 Å². The molecular formula is C22H26FN7O3S. The van der Waals surface area contributed by atoms with Crippen molar-refractivity contribution in [3.05, 3.63) is 65.6 Å². The first-order chi connectivity index (χ1) is 16.2. The molecule has 0 bridgehead atoms. The maximum atomic E-state index is 14.3. The minimum absolute atomic E-state index is 0.0285. The van der Waals surface area contributed by atoms with Gasteiger partial charge in [-0.2, -0.15) is 4.98 Å². The molecule has 3 rings (SSSR count). The number of carbonyl (C=O) groups is 1. The molecule has 12 heteroatoms. The zero-order chi connectivity index (χ0) is 24.7.